The van der Waals surface area contributed by atoms with E-state index in [1.54, 1.807) is 6.92 Å². The number of hydrogen-bond acceptors (Lipinski definition) is 4. The minimum Gasteiger partial charge on any atom is -0.506 e. The van der Waals surface area contributed by atoms with Crippen LogP contribution in [-0.4, -0.2) is 22.5 Å². The molecule has 0 aromatic heterocycles. The zero-order valence-corrected chi connectivity index (χ0v) is 8.30. The van der Waals surface area contributed by atoms with Crippen molar-refractivity contribution in [3.05, 3.63) is 22.2 Å². The fourth-order valence-electron chi connectivity index (χ4n) is 1.08. The standard InChI is InChI=1S/C9H10ClNO3/c1-4-2-5(6(12)3-11)9(14)7(10)8(4)13/h2,13-14H,3,11H2,1H3. The Balaban J connectivity index is 3.40. The molecular formula is C9H10ClNO3. The first-order valence-corrected chi connectivity index (χ1v) is 4.31. The highest BCUT2D eigenvalue weighted by Gasteiger charge is 2.17. The molecule has 0 spiro atoms. The number of benzene rings is 1. The third kappa shape index (κ3) is 1.66. The third-order valence-electron chi connectivity index (χ3n) is 1.89. The predicted molar refractivity (Wildman–Crippen MR) is 52.9 cm³/mol. The van der Waals surface area contributed by atoms with Gasteiger partial charge in [-0.3, -0.25) is 4.79 Å². The van der Waals surface area contributed by atoms with Gasteiger partial charge >= 0.3 is 0 Å². The van der Waals surface area contributed by atoms with Crippen molar-refractivity contribution >= 4 is 17.4 Å². The molecule has 0 aliphatic rings. The zero-order chi connectivity index (χ0) is 10.9. The van der Waals surface area contributed by atoms with Gasteiger partial charge < -0.3 is 15.9 Å². The lowest BCUT2D eigenvalue weighted by Crippen LogP contribution is -2.14. The third-order valence-corrected chi connectivity index (χ3v) is 2.25. The lowest BCUT2D eigenvalue weighted by molar-refractivity contribution is 0.0998. The normalized spacial score (nSPS) is 10.2. The summed E-state index contributed by atoms with van der Waals surface area (Å²) in [6.07, 6.45) is 0. The van der Waals surface area contributed by atoms with Crippen molar-refractivity contribution in [2.24, 2.45) is 5.73 Å². The van der Waals surface area contributed by atoms with Gasteiger partial charge in [0, 0.05) is 0 Å². The number of aryl methyl sites for hydroxylation is 1. The van der Waals surface area contributed by atoms with Crippen LogP contribution in [0.5, 0.6) is 11.5 Å². The molecule has 0 bridgehead atoms. The Morgan fingerprint density at radius 1 is 1.50 bits per heavy atom. The van der Waals surface area contributed by atoms with E-state index >= 15 is 0 Å². The zero-order valence-electron chi connectivity index (χ0n) is 7.54. The van der Waals surface area contributed by atoms with Crippen LogP contribution in [0.1, 0.15) is 15.9 Å². The quantitative estimate of drug-likeness (QED) is 0.648. The monoisotopic (exact) mass is 215 g/mol. The number of aromatic hydroxyl groups is 2. The fourth-order valence-corrected chi connectivity index (χ4v) is 1.33. The molecule has 4 N–H and O–H groups in total. The van der Waals surface area contributed by atoms with Gasteiger partial charge in [0.2, 0.25) is 0 Å². The minimum atomic E-state index is -0.426. The largest absolute Gasteiger partial charge is 0.506 e. The van der Waals surface area contributed by atoms with Gasteiger partial charge in [-0.25, -0.2) is 0 Å². The van der Waals surface area contributed by atoms with E-state index in [1.165, 1.54) is 6.07 Å². The van der Waals surface area contributed by atoms with E-state index in [0.29, 0.717) is 5.56 Å². The minimum absolute atomic E-state index is 0.0350. The molecule has 0 unspecified atom stereocenters. The van der Waals surface area contributed by atoms with Gasteiger partial charge in [0.15, 0.2) is 5.78 Å². The van der Waals surface area contributed by atoms with Gasteiger partial charge in [0.1, 0.15) is 16.5 Å². The van der Waals surface area contributed by atoms with Gasteiger partial charge in [-0.2, -0.15) is 0 Å². The van der Waals surface area contributed by atoms with Crippen LogP contribution in [-0.2, 0) is 0 Å². The lowest BCUT2D eigenvalue weighted by Gasteiger charge is -2.08. The smallest absolute Gasteiger partial charge is 0.180 e. The number of nitrogens with two attached hydrogens (primary N) is 1. The molecule has 1 rings (SSSR count). The summed E-state index contributed by atoms with van der Waals surface area (Å²) >= 11 is 5.60. The van der Waals surface area contributed by atoms with E-state index in [4.69, 9.17) is 17.3 Å². The predicted octanol–water partition coefficient (Wildman–Crippen LogP) is 1.20. The Labute approximate surface area is 85.9 Å². The van der Waals surface area contributed by atoms with Crippen molar-refractivity contribution < 1.29 is 15.0 Å². The summed E-state index contributed by atoms with van der Waals surface area (Å²) in [5.41, 5.74) is 5.60. The molecule has 0 heterocycles. The van der Waals surface area contributed by atoms with Gasteiger partial charge in [0.25, 0.3) is 0 Å². The Bertz CT molecular complexity index is 390. The Hall–Kier alpha value is -1.26. The first kappa shape index (κ1) is 10.8. The molecule has 4 nitrogen and oxygen atoms in total. The van der Waals surface area contributed by atoms with Crippen molar-refractivity contribution in [3.63, 3.8) is 0 Å². The average Bonchev–Trinajstić information content (AvgIpc) is 2.19. The number of carbonyl (C=O) groups excluding carboxylic acids is 1. The molecule has 0 saturated carbocycles. The van der Waals surface area contributed by atoms with Crippen LogP contribution in [0.4, 0.5) is 0 Å². The van der Waals surface area contributed by atoms with Crippen LogP contribution < -0.4 is 5.73 Å². The summed E-state index contributed by atoms with van der Waals surface area (Å²) in [4.78, 5) is 11.2. The summed E-state index contributed by atoms with van der Waals surface area (Å²) in [7, 11) is 0. The van der Waals surface area contributed by atoms with E-state index in [2.05, 4.69) is 0 Å². The maximum Gasteiger partial charge on any atom is 0.180 e. The van der Waals surface area contributed by atoms with Gasteiger partial charge in [-0.05, 0) is 18.6 Å². The van der Waals surface area contributed by atoms with E-state index in [0.717, 1.165) is 0 Å². The molecule has 0 aliphatic heterocycles. The number of rotatable bonds is 2. The topological polar surface area (TPSA) is 83.6 Å². The van der Waals surface area contributed by atoms with E-state index in [9.17, 15) is 15.0 Å². The second kappa shape index (κ2) is 3.86. The maximum atomic E-state index is 11.2. The van der Waals surface area contributed by atoms with Gasteiger partial charge in [-0.1, -0.05) is 11.6 Å². The highest BCUT2D eigenvalue weighted by Crippen LogP contribution is 2.38. The van der Waals surface area contributed by atoms with Crippen LogP contribution in [0, 0.1) is 6.92 Å². The second-order valence-electron chi connectivity index (χ2n) is 2.88. The van der Waals surface area contributed by atoms with Crippen molar-refractivity contribution in [2.45, 2.75) is 6.92 Å². The molecule has 0 atom stereocenters. The average molecular weight is 216 g/mol. The Morgan fingerprint density at radius 3 is 2.57 bits per heavy atom. The highest BCUT2D eigenvalue weighted by atomic mass is 35.5. The summed E-state index contributed by atoms with van der Waals surface area (Å²) in [6.45, 7) is 1.36. The first-order valence-electron chi connectivity index (χ1n) is 3.93. The van der Waals surface area contributed by atoms with Gasteiger partial charge in [-0.15, -0.1) is 0 Å². The molecule has 76 valence electrons. The Morgan fingerprint density at radius 2 is 2.07 bits per heavy atom. The summed E-state index contributed by atoms with van der Waals surface area (Å²) in [5.74, 6) is -1.07. The lowest BCUT2D eigenvalue weighted by atomic mass is 10.1. The maximum absolute atomic E-state index is 11.2. The number of phenols is 2. The molecule has 14 heavy (non-hydrogen) atoms. The van der Waals surface area contributed by atoms with Crippen molar-refractivity contribution in [2.75, 3.05) is 6.54 Å². The van der Waals surface area contributed by atoms with Crippen LogP contribution in [0.2, 0.25) is 5.02 Å². The number of ketones is 1. The van der Waals surface area contributed by atoms with Crippen LogP contribution in [0.25, 0.3) is 0 Å². The highest BCUT2D eigenvalue weighted by molar-refractivity contribution is 6.34. The van der Waals surface area contributed by atoms with Crippen LogP contribution in [0.15, 0.2) is 6.07 Å². The fraction of sp³-hybridized carbons (Fsp3) is 0.222. The molecule has 1 aromatic rings. The molecule has 0 radical (unpaired) electrons. The summed E-state index contributed by atoms with van der Waals surface area (Å²) in [5, 5.41) is 18.5. The number of phenolic OH excluding ortho intramolecular Hbond substituents is 2. The summed E-state index contributed by atoms with van der Waals surface area (Å²) in [6, 6.07) is 1.35. The van der Waals surface area contributed by atoms with E-state index < -0.39 is 11.5 Å². The number of Topliss-reactive ketones (excluding diaryl/α,β-unsaturated/α-hetero) is 1. The van der Waals surface area contributed by atoms with E-state index in [-0.39, 0.29) is 22.9 Å². The molecule has 0 saturated heterocycles. The number of carbonyl (C=O) groups is 1. The Kier molecular flexibility index (Phi) is 2.98. The molecule has 0 aliphatic carbocycles. The number of hydrogen-bond donors (Lipinski definition) is 3. The van der Waals surface area contributed by atoms with Crippen molar-refractivity contribution in [1.29, 1.82) is 0 Å². The first-order chi connectivity index (χ1) is 6.49. The molecular weight excluding hydrogens is 206 g/mol. The second-order valence-corrected chi connectivity index (χ2v) is 3.26. The molecule has 0 fully saturated rings. The van der Waals surface area contributed by atoms with Crippen LogP contribution >= 0.6 is 11.6 Å². The summed E-state index contributed by atoms with van der Waals surface area (Å²) < 4.78 is 0. The number of halogens is 1. The van der Waals surface area contributed by atoms with Crippen molar-refractivity contribution in [3.8, 4) is 11.5 Å². The molecule has 1 aromatic carbocycles. The molecule has 0 amide bonds. The SMILES string of the molecule is Cc1cc(C(=O)CN)c(O)c(Cl)c1O. The van der Waals surface area contributed by atoms with Crippen LogP contribution in [0.3, 0.4) is 0 Å². The van der Waals surface area contributed by atoms with E-state index in [1.807, 2.05) is 0 Å². The van der Waals surface area contributed by atoms with Crippen molar-refractivity contribution in [1.82, 2.24) is 0 Å². The van der Waals surface area contributed by atoms with Gasteiger partial charge in [0.05, 0.1) is 12.1 Å². The molecule has 5 heteroatoms.